The van der Waals surface area contributed by atoms with Crippen LogP contribution in [0.1, 0.15) is 44.1 Å². The van der Waals surface area contributed by atoms with Gasteiger partial charge in [-0.15, -0.1) is 0 Å². The number of para-hydroxylation sites is 1. The van der Waals surface area contributed by atoms with Gasteiger partial charge in [0, 0.05) is 50.4 Å². The Bertz CT molecular complexity index is 488. The fraction of sp³-hybridized carbons (Fsp3) is 0.684. The van der Waals surface area contributed by atoms with Crippen molar-refractivity contribution in [3.63, 3.8) is 0 Å². The minimum absolute atomic E-state index is 0.262. The predicted molar refractivity (Wildman–Crippen MR) is 92.5 cm³/mol. The summed E-state index contributed by atoms with van der Waals surface area (Å²) in [4.78, 5) is 5.09. The fourth-order valence-electron chi connectivity index (χ4n) is 4.26. The molecule has 1 aromatic rings. The molecule has 23 heavy (non-hydrogen) atoms. The molecule has 1 saturated carbocycles. The van der Waals surface area contributed by atoms with Gasteiger partial charge in [-0.1, -0.05) is 37.5 Å². The first-order chi connectivity index (χ1) is 11.3. The fourth-order valence-corrected chi connectivity index (χ4v) is 4.26. The molecule has 1 aliphatic carbocycles. The zero-order valence-corrected chi connectivity index (χ0v) is 14.0. The van der Waals surface area contributed by atoms with Crippen LogP contribution in [-0.4, -0.2) is 58.3 Å². The van der Waals surface area contributed by atoms with Gasteiger partial charge in [0.15, 0.2) is 0 Å². The van der Waals surface area contributed by atoms with Crippen molar-refractivity contribution in [2.45, 2.75) is 57.2 Å². The highest BCUT2D eigenvalue weighted by Gasteiger charge is 2.32. The van der Waals surface area contributed by atoms with E-state index < -0.39 is 0 Å². The number of rotatable bonds is 5. The molecule has 1 saturated heterocycles. The van der Waals surface area contributed by atoms with Gasteiger partial charge in [0.25, 0.3) is 0 Å². The number of phenols is 1. The number of aliphatic hydroxyl groups is 1. The number of hydrogen-bond donors (Lipinski definition) is 2. The molecule has 1 aliphatic heterocycles. The Morgan fingerprint density at radius 3 is 2.57 bits per heavy atom. The number of nitrogens with zero attached hydrogens (tertiary/aromatic N) is 2. The normalized spacial score (nSPS) is 24.8. The maximum atomic E-state index is 9.99. The summed E-state index contributed by atoms with van der Waals surface area (Å²) in [6.45, 7) is 4.19. The lowest BCUT2D eigenvalue weighted by Crippen LogP contribution is -2.56. The largest absolute Gasteiger partial charge is 0.508 e. The number of hydrogen-bond acceptors (Lipinski definition) is 4. The van der Waals surface area contributed by atoms with E-state index in [1.54, 1.807) is 6.07 Å². The summed E-state index contributed by atoms with van der Waals surface area (Å²) in [7, 11) is 0. The van der Waals surface area contributed by atoms with Crippen LogP contribution in [0.15, 0.2) is 24.3 Å². The van der Waals surface area contributed by atoms with Gasteiger partial charge in [0.2, 0.25) is 0 Å². The second-order valence-corrected chi connectivity index (χ2v) is 7.06. The van der Waals surface area contributed by atoms with Crippen molar-refractivity contribution >= 4 is 0 Å². The summed E-state index contributed by atoms with van der Waals surface area (Å²) < 4.78 is 0. The summed E-state index contributed by atoms with van der Waals surface area (Å²) >= 11 is 0. The molecule has 0 amide bonds. The third-order valence-electron chi connectivity index (χ3n) is 5.50. The number of piperazine rings is 1. The van der Waals surface area contributed by atoms with E-state index in [0.717, 1.165) is 38.2 Å². The molecule has 3 rings (SSSR count). The van der Waals surface area contributed by atoms with Crippen LogP contribution in [-0.2, 0) is 6.54 Å². The number of aliphatic hydroxyl groups excluding tert-OH is 1. The Balaban J connectivity index is 1.62. The second kappa shape index (κ2) is 8.13. The molecule has 1 aromatic carbocycles. The molecule has 128 valence electrons. The minimum atomic E-state index is 0.262. The van der Waals surface area contributed by atoms with E-state index in [9.17, 15) is 10.2 Å². The van der Waals surface area contributed by atoms with Crippen LogP contribution in [0.5, 0.6) is 5.75 Å². The zero-order chi connectivity index (χ0) is 16.1. The van der Waals surface area contributed by atoms with E-state index in [-0.39, 0.29) is 6.61 Å². The highest BCUT2D eigenvalue weighted by molar-refractivity contribution is 5.31. The van der Waals surface area contributed by atoms with E-state index in [2.05, 4.69) is 9.80 Å². The summed E-state index contributed by atoms with van der Waals surface area (Å²) in [5.41, 5.74) is 1.00. The molecule has 2 N–H and O–H groups in total. The van der Waals surface area contributed by atoms with Crippen molar-refractivity contribution in [1.82, 2.24) is 9.80 Å². The quantitative estimate of drug-likeness (QED) is 0.876. The molecule has 0 unspecified atom stereocenters. The van der Waals surface area contributed by atoms with Crippen LogP contribution in [0.4, 0.5) is 0 Å². The van der Waals surface area contributed by atoms with Gasteiger partial charge in [0.05, 0.1) is 0 Å². The molecule has 4 nitrogen and oxygen atoms in total. The van der Waals surface area contributed by atoms with Gasteiger partial charge >= 0.3 is 0 Å². The number of aromatic hydroxyl groups is 1. The maximum Gasteiger partial charge on any atom is 0.120 e. The van der Waals surface area contributed by atoms with Crippen molar-refractivity contribution in [2.75, 3.05) is 26.2 Å². The van der Waals surface area contributed by atoms with Gasteiger partial charge in [0.1, 0.15) is 5.75 Å². The van der Waals surface area contributed by atoms with Crippen molar-refractivity contribution in [3.05, 3.63) is 29.8 Å². The Morgan fingerprint density at radius 1 is 1.04 bits per heavy atom. The standard InChI is InChI=1S/C19H30N2O2/c22-13-10-18-15-20(14-16-6-4-5-9-19(16)23)11-12-21(18)17-7-2-1-3-8-17/h4-6,9,17-18,22-23H,1-3,7-8,10-15H2/t18-/m0/s1. The lowest BCUT2D eigenvalue weighted by molar-refractivity contribution is 0.0134. The third-order valence-corrected chi connectivity index (χ3v) is 5.50. The van der Waals surface area contributed by atoms with Crippen LogP contribution in [0, 0.1) is 0 Å². The van der Waals surface area contributed by atoms with Crippen LogP contribution >= 0.6 is 0 Å². The topological polar surface area (TPSA) is 46.9 Å². The van der Waals surface area contributed by atoms with Crippen molar-refractivity contribution < 1.29 is 10.2 Å². The van der Waals surface area contributed by atoms with Crippen molar-refractivity contribution in [3.8, 4) is 5.75 Å². The molecule has 0 radical (unpaired) electrons. The van der Waals surface area contributed by atoms with Crippen molar-refractivity contribution in [1.29, 1.82) is 0 Å². The van der Waals surface area contributed by atoms with E-state index in [4.69, 9.17) is 0 Å². The monoisotopic (exact) mass is 318 g/mol. The Morgan fingerprint density at radius 2 is 1.83 bits per heavy atom. The third kappa shape index (κ3) is 4.25. The molecule has 2 fully saturated rings. The second-order valence-electron chi connectivity index (χ2n) is 7.06. The maximum absolute atomic E-state index is 9.99. The molecular formula is C19H30N2O2. The van der Waals surface area contributed by atoms with E-state index in [1.165, 1.54) is 32.1 Å². The molecule has 0 bridgehead atoms. The SMILES string of the molecule is OCC[C@H]1CN(Cc2ccccc2O)CCN1C1CCCCC1. The summed E-state index contributed by atoms with van der Waals surface area (Å²) in [6.07, 6.45) is 7.59. The Kier molecular flexibility index (Phi) is 5.92. The lowest BCUT2D eigenvalue weighted by atomic mass is 9.91. The average molecular weight is 318 g/mol. The average Bonchev–Trinajstić information content (AvgIpc) is 2.58. The summed E-state index contributed by atoms with van der Waals surface area (Å²) in [6, 6.07) is 8.78. The highest BCUT2D eigenvalue weighted by Crippen LogP contribution is 2.28. The highest BCUT2D eigenvalue weighted by atomic mass is 16.3. The summed E-state index contributed by atoms with van der Waals surface area (Å²) in [5, 5.41) is 19.5. The zero-order valence-electron chi connectivity index (χ0n) is 14.0. The van der Waals surface area contributed by atoms with Gasteiger partial charge in [-0.3, -0.25) is 9.80 Å². The smallest absolute Gasteiger partial charge is 0.120 e. The van der Waals surface area contributed by atoms with Crippen LogP contribution < -0.4 is 0 Å². The Labute approximate surface area is 139 Å². The summed E-state index contributed by atoms with van der Waals surface area (Å²) in [5.74, 6) is 0.390. The van der Waals surface area contributed by atoms with Gasteiger partial charge in [-0.2, -0.15) is 0 Å². The van der Waals surface area contributed by atoms with Crippen LogP contribution in [0.2, 0.25) is 0 Å². The molecular weight excluding hydrogens is 288 g/mol. The van der Waals surface area contributed by atoms with E-state index in [0.29, 0.717) is 17.8 Å². The van der Waals surface area contributed by atoms with Crippen LogP contribution in [0.25, 0.3) is 0 Å². The van der Waals surface area contributed by atoms with E-state index in [1.807, 2.05) is 18.2 Å². The molecule has 0 aromatic heterocycles. The molecule has 2 aliphatic rings. The van der Waals surface area contributed by atoms with Gasteiger partial charge < -0.3 is 10.2 Å². The van der Waals surface area contributed by atoms with E-state index >= 15 is 0 Å². The predicted octanol–water partition coefficient (Wildman–Crippen LogP) is 2.59. The molecule has 0 spiro atoms. The molecule has 4 heteroatoms. The first-order valence-electron chi connectivity index (χ1n) is 9.14. The Hall–Kier alpha value is -1.10. The van der Waals surface area contributed by atoms with Crippen molar-refractivity contribution in [2.24, 2.45) is 0 Å². The van der Waals surface area contributed by atoms with Gasteiger partial charge in [-0.05, 0) is 25.3 Å². The number of benzene rings is 1. The van der Waals surface area contributed by atoms with Gasteiger partial charge in [-0.25, -0.2) is 0 Å². The van der Waals surface area contributed by atoms with Crippen LogP contribution in [0.3, 0.4) is 0 Å². The molecule has 1 atom stereocenters. The first kappa shape index (κ1) is 16.7. The minimum Gasteiger partial charge on any atom is -0.508 e. The lowest BCUT2D eigenvalue weighted by Gasteiger charge is -2.46. The first-order valence-corrected chi connectivity index (χ1v) is 9.14. The molecule has 1 heterocycles. The number of phenolic OH excluding ortho intramolecular Hbond substituents is 1.